The van der Waals surface area contributed by atoms with E-state index in [1.165, 1.54) is 5.56 Å². The third kappa shape index (κ3) is 3.60. The molecule has 1 fully saturated rings. The van der Waals surface area contributed by atoms with Crippen molar-refractivity contribution >= 4 is 11.6 Å². The van der Waals surface area contributed by atoms with Gasteiger partial charge in [-0.1, -0.05) is 32.9 Å². The lowest BCUT2D eigenvalue weighted by molar-refractivity contribution is -0.120. The van der Waals surface area contributed by atoms with Gasteiger partial charge in [0.15, 0.2) is 0 Å². The minimum absolute atomic E-state index is 0.0991. The Morgan fingerprint density at radius 3 is 2.50 bits per heavy atom. The molecule has 0 bridgehead atoms. The lowest BCUT2D eigenvalue weighted by atomic mass is 9.86. The third-order valence-electron chi connectivity index (χ3n) is 4.07. The molecule has 1 aromatic rings. The van der Waals surface area contributed by atoms with Crippen molar-refractivity contribution in [1.29, 1.82) is 0 Å². The second-order valence-corrected chi connectivity index (χ2v) is 6.79. The van der Waals surface area contributed by atoms with Crippen molar-refractivity contribution in [1.82, 2.24) is 5.32 Å². The summed E-state index contributed by atoms with van der Waals surface area (Å²) in [6.07, 6.45) is 1.87. The molecule has 1 aromatic carbocycles. The molecule has 2 rings (SSSR count). The second-order valence-electron chi connectivity index (χ2n) is 6.79. The SMILES string of the molecule is Cc1ccc(C(C)(C)C)cc1NC(=O)C1CCNCC1. The van der Waals surface area contributed by atoms with Crippen molar-refractivity contribution in [2.24, 2.45) is 5.92 Å². The van der Waals surface area contributed by atoms with Crippen LogP contribution in [0.25, 0.3) is 0 Å². The van der Waals surface area contributed by atoms with Crippen LogP contribution in [-0.2, 0) is 10.2 Å². The molecule has 1 aliphatic rings. The molecular weight excluding hydrogens is 248 g/mol. The van der Waals surface area contributed by atoms with Crippen molar-refractivity contribution in [3.63, 3.8) is 0 Å². The molecule has 0 unspecified atom stereocenters. The van der Waals surface area contributed by atoms with E-state index in [1.807, 2.05) is 6.92 Å². The molecule has 110 valence electrons. The summed E-state index contributed by atoms with van der Waals surface area (Å²) in [6.45, 7) is 10.5. The molecule has 3 nitrogen and oxygen atoms in total. The van der Waals surface area contributed by atoms with E-state index in [0.29, 0.717) is 0 Å². The van der Waals surface area contributed by atoms with Crippen molar-refractivity contribution < 1.29 is 4.79 Å². The van der Waals surface area contributed by atoms with Crippen LogP contribution in [0.3, 0.4) is 0 Å². The average Bonchev–Trinajstić information content (AvgIpc) is 2.41. The Bertz CT molecular complexity index is 482. The molecule has 1 aliphatic heterocycles. The van der Waals surface area contributed by atoms with Gasteiger partial charge < -0.3 is 10.6 Å². The Balaban J connectivity index is 2.13. The van der Waals surface area contributed by atoms with Crippen LogP contribution in [-0.4, -0.2) is 19.0 Å². The quantitative estimate of drug-likeness (QED) is 0.869. The maximum atomic E-state index is 12.3. The van der Waals surface area contributed by atoms with E-state index in [1.54, 1.807) is 0 Å². The van der Waals surface area contributed by atoms with E-state index < -0.39 is 0 Å². The molecule has 1 saturated heterocycles. The van der Waals surface area contributed by atoms with Gasteiger partial charge in [-0.25, -0.2) is 0 Å². The van der Waals surface area contributed by atoms with Gasteiger partial charge in [-0.2, -0.15) is 0 Å². The van der Waals surface area contributed by atoms with Gasteiger partial charge in [0, 0.05) is 11.6 Å². The van der Waals surface area contributed by atoms with Crippen LogP contribution in [0.5, 0.6) is 0 Å². The average molecular weight is 274 g/mol. The molecule has 0 aromatic heterocycles. The van der Waals surface area contributed by atoms with Crippen molar-refractivity contribution in [2.45, 2.75) is 46.0 Å². The Kier molecular flexibility index (Phi) is 4.48. The Morgan fingerprint density at radius 2 is 1.90 bits per heavy atom. The fraction of sp³-hybridized carbons (Fsp3) is 0.588. The molecule has 1 amide bonds. The first kappa shape index (κ1) is 15.0. The highest BCUT2D eigenvalue weighted by atomic mass is 16.1. The van der Waals surface area contributed by atoms with Gasteiger partial charge in [-0.15, -0.1) is 0 Å². The van der Waals surface area contributed by atoms with Gasteiger partial charge in [0.2, 0.25) is 5.91 Å². The topological polar surface area (TPSA) is 41.1 Å². The van der Waals surface area contributed by atoms with Crippen LogP contribution < -0.4 is 10.6 Å². The van der Waals surface area contributed by atoms with Crippen LogP contribution in [0.1, 0.15) is 44.7 Å². The van der Waals surface area contributed by atoms with E-state index in [4.69, 9.17) is 0 Å². The minimum Gasteiger partial charge on any atom is -0.326 e. The molecule has 1 heterocycles. The fourth-order valence-electron chi connectivity index (χ4n) is 2.54. The van der Waals surface area contributed by atoms with Crippen LogP contribution in [0.4, 0.5) is 5.69 Å². The number of aryl methyl sites for hydroxylation is 1. The Labute approximate surface area is 122 Å². The number of nitrogens with one attached hydrogen (secondary N) is 2. The molecule has 20 heavy (non-hydrogen) atoms. The van der Waals surface area contributed by atoms with Crippen molar-refractivity contribution in [3.8, 4) is 0 Å². The fourth-order valence-corrected chi connectivity index (χ4v) is 2.54. The Hall–Kier alpha value is -1.35. The van der Waals surface area contributed by atoms with Crippen LogP contribution in [0.15, 0.2) is 18.2 Å². The number of piperidine rings is 1. The minimum atomic E-state index is 0.0991. The predicted octanol–water partition coefficient (Wildman–Crippen LogP) is 3.23. The van der Waals surface area contributed by atoms with Crippen LogP contribution >= 0.6 is 0 Å². The van der Waals surface area contributed by atoms with Crippen LogP contribution in [0, 0.1) is 12.8 Å². The number of carbonyl (C=O) groups excluding carboxylic acids is 1. The summed E-state index contributed by atoms with van der Waals surface area (Å²) in [5.74, 6) is 0.314. The number of rotatable bonds is 2. The van der Waals surface area contributed by atoms with Crippen molar-refractivity contribution in [2.75, 3.05) is 18.4 Å². The summed E-state index contributed by atoms with van der Waals surface area (Å²) in [5.41, 5.74) is 3.44. The molecule has 0 radical (unpaired) electrons. The first-order valence-corrected chi connectivity index (χ1v) is 7.50. The van der Waals surface area contributed by atoms with E-state index in [9.17, 15) is 4.79 Å². The van der Waals surface area contributed by atoms with Crippen molar-refractivity contribution in [3.05, 3.63) is 29.3 Å². The van der Waals surface area contributed by atoms with Gasteiger partial charge in [0.1, 0.15) is 0 Å². The van der Waals surface area contributed by atoms with Gasteiger partial charge >= 0.3 is 0 Å². The second kappa shape index (κ2) is 5.96. The first-order chi connectivity index (χ1) is 9.38. The molecule has 3 heteroatoms. The number of carbonyl (C=O) groups is 1. The molecule has 0 atom stereocenters. The number of anilines is 1. The maximum Gasteiger partial charge on any atom is 0.227 e. The van der Waals surface area contributed by atoms with E-state index in [2.05, 4.69) is 49.6 Å². The van der Waals surface area contributed by atoms with Gasteiger partial charge in [-0.3, -0.25) is 4.79 Å². The van der Waals surface area contributed by atoms with Crippen LogP contribution in [0.2, 0.25) is 0 Å². The van der Waals surface area contributed by atoms with Gasteiger partial charge in [0.25, 0.3) is 0 Å². The predicted molar refractivity (Wildman–Crippen MR) is 84.1 cm³/mol. The smallest absolute Gasteiger partial charge is 0.227 e. The zero-order valence-electron chi connectivity index (χ0n) is 13.0. The molecular formula is C17H26N2O. The zero-order valence-corrected chi connectivity index (χ0v) is 13.0. The summed E-state index contributed by atoms with van der Waals surface area (Å²) in [5, 5.41) is 6.42. The summed E-state index contributed by atoms with van der Waals surface area (Å²) < 4.78 is 0. The van der Waals surface area contributed by atoms with E-state index in [-0.39, 0.29) is 17.2 Å². The number of benzene rings is 1. The highest BCUT2D eigenvalue weighted by molar-refractivity contribution is 5.93. The normalized spacial score (nSPS) is 17.0. The summed E-state index contributed by atoms with van der Waals surface area (Å²) >= 11 is 0. The molecule has 2 N–H and O–H groups in total. The maximum absolute atomic E-state index is 12.3. The molecule has 0 saturated carbocycles. The molecule has 0 aliphatic carbocycles. The lowest BCUT2D eigenvalue weighted by Crippen LogP contribution is -2.34. The zero-order chi connectivity index (χ0) is 14.8. The summed E-state index contributed by atoms with van der Waals surface area (Å²) in [7, 11) is 0. The standard InChI is InChI=1S/C17H26N2O/c1-12-5-6-14(17(2,3)4)11-15(12)19-16(20)13-7-9-18-10-8-13/h5-6,11,13,18H,7-10H2,1-4H3,(H,19,20). The highest BCUT2D eigenvalue weighted by Crippen LogP contribution is 2.27. The molecule has 0 spiro atoms. The number of hydrogen-bond acceptors (Lipinski definition) is 2. The number of hydrogen-bond donors (Lipinski definition) is 2. The van der Waals surface area contributed by atoms with Gasteiger partial charge in [0.05, 0.1) is 0 Å². The lowest BCUT2D eigenvalue weighted by Gasteiger charge is -2.24. The van der Waals surface area contributed by atoms with Gasteiger partial charge in [-0.05, 0) is 55.5 Å². The summed E-state index contributed by atoms with van der Waals surface area (Å²) in [4.78, 5) is 12.3. The highest BCUT2D eigenvalue weighted by Gasteiger charge is 2.22. The van der Waals surface area contributed by atoms with E-state index >= 15 is 0 Å². The first-order valence-electron chi connectivity index (χ1n) is 7.50. The number of amides is 1. The largest absolute Gasteiger partial charge is 0.326 e. The summed E-state index contributed by atoms with van der Waals surface area (Å²) in [6, 6.07) is 6.36. The Morgan fingerprint density at radius 1 is 1.25 bits per heavy atom. The monoisotopic (exact) mass is 274 g/mol. The third-order valence-corrected chi connectivity index (χ3v) is 4.07. The van der Waals surface area contributed by atoms with E-state index in [0.717, 1.165) is 37.2 Å².